The summed E-state index contributed by atoms with van der Waals surface area (Å²) in [6, 6.07) is 0. The van der Waals surface area contributed by atoms with Crippen molar-refractivity contribution >= 4 is 15.9 Å². The Morgan fingerprint density at radius 2 is 1.46 bits per heavy atom. The normalized spacial score (nSPS) is 10.8. The van der Waals surface area contributed by atoms with Crippen LogP contribution >= 0.6 is 15.9 Å². The molecule has 0 amide bonds. The molecule has 0 aromatic carbocycles. The maximum absolute atomic E-state index is 3.71. The monoisotopic (exact) mass is 244 g/mol. The van der Waals surface area contributed by atoms with E-state index in [-0.39, 0.29) is 0 Å². The molecule has 0 nitrogen and oxygen atoms in total. The van der Waals surface area contributed by atoms with Crippen LogP contribution < -0.4 is 0 Å². The predicted octanol–water partition coefficient (Wildman–Crippen LogP) is 4.85. The van der Waals surface area contributed by atoms with E-state index in [0.717, 1.165) is 11.8 Å². The van der Waals surface area contributed by atoms with Gasteiger partial charge in [-0.3, -0.25) is 0 Å². The van der Waals surface area contributed by atoms with Crippen LogP contribution in [0.1, 0.15) is 44.9 Å². The van der Waals surface area contributed by atoms with E-state index in [2.05, 4.69) is 34.7 Å². The number of allylic oxidation sites excluding steroid dienone is 3. The van der Waals surface area contributed by atoms with E-state index in [1.807, 2.05) is 6.08 Å². The van der Waals surface area contributed by atoms with Crippen LogP contribution in [-0.4, -0.2) is 5.33 Å². The van der Waals surface area contributed by atoms with Gasteiger partial charge < -0.3 is 0 Å². The van der Waals surface area contributed by atoms with Crippen LogP contribution in [0.4, 0.5) is 0 Å². The molecule has 0 rings (SSSR count). The maximum Gasteiger partial charge on any atom is 0.00659 e. The molecule has 0 N–H and O–H groups in total. The highest BCUT2D eigenvalue weighted by Crippen LogP contribution is 2.06. The van der Waals surface area contributed by atoms with Gasteiger partial charge in [-0.1, -0.05) is 47.0 Å². The second-order valence-electron chi connectivity index (χ2n) is 3.23. The van der Waals surface area contributed by atoms with Gasteiger partial charge in [0.05, 0.1) is 0 Å². The maximum atomic E-state index is 3.71. The number of rotatable bonds is 9. The van der Waals surface area contributed by atoms with Crippen molar-refractivity contribution in [2.24, 2.45) is 0 Å². The van der Waals surface area contributed by atoms with Crippen molar-refractivity contribution in [3.8, 4) is 0 Å². The number of halogens is 1. The first-order valence-electron chi connectivity index (χ1n) is 5.23. The molecule has 13 heavy (non-hydrogen) atoms. The van der Waals surface area contributed by atoms with Gasteiger partial charge in [0.25, 0.3) is 0 Å². The molecule has 0 aliphatic carbocycles. The first-order valence-corrected chi connectivity index (χ1v) is 6.36. The number of hydrogen-bond donors (Lipinski definition) is 0. The van der Waals surface area contributed by atoms with E-state index in [0.29, 0.717) is 0 Å². The van der Waals surface area contributed by atoms with Crippen LogP contribution in [0.5, 0.6) is 0 Å². The van der Waals surface area contributed by atoms with Crippen LogP contribution in [0.3, 0.4) is 0 Å². The van der Waals surface area contributed by atoms with Crippen molar-refractivity contribution in [3.63, 3.8) is 0 Å². The lowest BCUT2D eigenvalue weighted by Crippen LogP contribution is -1.76. The minimum atomic E-state index is 1.09. The summed E-state index contributed by atoms with van der Waals surface area (Å²) in [5, 5.41) is 1.09. The molecule has 0 aliphatic rings. The summed E-state index contributed by atoms with van der Waals surface area (Å²) in [5.41, 5.74) is 0. The SMILES string of the molecule is C=CCCCCCC/C=C\CCBr. The Labute approximate surface area is 91.2 Å². The largest absolute Gasteiger partial charge is 0.103 e. The van der Waals surface area contributed by atoms with Gasteiger partial charge in [0.1, 0.15) is 0 Å². The van der Waals surface area contributed by atoms with Crippen molar-refractivity contribution in [1.29, 1.82) is 0 Å². The molecule has 0 unspecified atom stereocenters. The Kier molecular flexibility index (Phi) is 11.9. The van der Waals surface area contributed by atoms with Crippen LogP contribution in [0.15, 0.2) is 24.8 Å². The predicted molar refractivity (Wildman–Crippen MR) is 65.5 cm³/mol. The topological polar surface area (TPSA) is 0 Å². The van der Waals surface area contributed by atoms with E-state index in [1.54, 1.807) is 0 Å². The lowest BCUT2D eigenvalue weighted by molar-refractivity contribution is 0.652. The molecular weight excluding hydrogens is 224 g/mol. The molecule has 0 radical (unpaired) electrons. The average Bonchev–Trinajstić information content (AvgIpc) is 2.16. The fraction of sp³-hybridized carbons (Fsp3) is 0.667. The zero-order valence-electron chi connectivity index (χ0n) is 8.47. The van der Waals surface area contributed by atoms with Crippen LogP contribution in [0, 0.1) is 0 Å². The molecule has 0 aliphatic heterocycles. The summed E-state index contributed by atoms with van der Waals surface area (Å²) < 4.78 is 0. The smallest absolute Gasteiger partial charge is 0.00659 e. The summed E-state index contributed by atoms with van der Waals surface area (Å²) in [7, 11) is 0. The van der Waals surface area contributed by atoms with Gasteiger partial charge in [0, 0.05) is 5.33 Å². The minimum absolute atomic E-state index is 1.09. The standard InChI is InChI=1S/C12H21Br/c1-2-3-4-5-6-7-8-9-10-11-12-13/h2,9-10H,1,3-8,11-12H2/b10-9-. The van der Waals surface area contributed by atoms with Crippen molar-refractivity contribution < 1.29 is 0 Å². The van der Waals surface area contributed by atoms with Crippen LogP contribution in [0.2, 0.25) is 0 Å². The fourth-order valence-electron chi connectivity index (χ4n) is 1.20. The summed E-state index contributed by atoms with van der Waals surface area (Å²) in [6.45, 7) is 3.71. The molecule has 0 heterocycles. The quantitative estimate of drug-likeness (QED) is 0.309. The number of hydrogen-bond acceptors (Lipinski definition) is 0. The third kappa shape index (κ3) is 12.0. The molecule has 0 aromatic rings. The molecule has 0 fully saturated rings. The van der Waals surface area contributed by atoms with Gasteiger partial charge in [0.15, 0.2) is 0 Å². The molecule has 0 atom stereocenters. The lowest BCUT2D eigenvalue weighted by Gasteiger charge is -1.96. The molecular formula is C12H21Br. The molecule has 76 valence electrons. The highest BCUT2D eigenvalue weighted by atomic mass is 79.9. The Balaban J connectivity index is 2.94. The Morgan fingerprint density at radius 1 is 0.846 bits per heavy atom. The number of unbranched alkanes of at least 4 members (excludes halogenated alkanes) is 5. The van der Waals surface area contributed by atoms with E-state index >= 15 is 0 Å². The van der Waals surface area contributed by atoms with E-state index in [1.165, 1.54) is 38.5 Å². The van der Waals surface area contributed by atoms with E-state index in [4.69, 9.17) is 0 Å². The van der Waals surface area contributed by atoms with Crippen LogP contribution in [0.25, 0.3) is 0 Å². The average molecular weight is 245 g/mol. The summed E-state index contributed by atoms with van der Waals surface area (Å²) in [6.07, 6.45) is 15.6. The molecule has 1 heteroatoms. The third-order valence-electron chi connectivity index (χ3n) is 1.97. The summed E-state index contributed by atoms with van der Waals surface area (Å²) in [4.78, 5) is 0. The third-order valence-corrected chi connectivity index (χ3v) is 2.43. The van der Waals surface area contributed by atoms with Crippen molar-refractivity contribution in [2.45, 2.75) is 44.9 Å². The lowest BCUT2D eigenvalue weighted by atomic mass is 10.1. The molecule has 0 saturated heterocycles. The van der Waals surface area contributed by atoms with E-state index in [9.17, 15) is 0 Å². The van der Waals surface area contributed by atoms with Gasteiger partial charge in [-0.25, -0.2) is 0 Å². The number of alkyl halides is 1. The van der Waals surface area contributed by atoms with E-state index < -0.39 is 0 Å². The zero-order chi connectivity index (χ0) is 9.78. The first kappa shape index (κ1) is 13.0. The first-order chi connectivity index (χ1) is 6.41. The van der Waals surface area contributed by atoms with Gasteiger partial charge in [0.2, 0.25) is 0 Å². The fourth-order valence-corrected chi connectivity index (χ4v) is 1.47. The van der Waals surface area contributed by atoms with Gasteiger partial charge in [-0.15, -0.1) is 6.58 Å². The van der Waals surface area contributed by atoms with Crippen molar-refractivity contribution in [2.75, 3.05) is 5.33 Å². The highest BCUT2D eigenvalue weighted by molar-refractivity contribution is 9.09. The Hall–Kier alpha value is -0.0400. The second-order valence-corrected chi connectivity index (χ2v) is 4.02. The highest BCUT2D eigenvalue weighted by Gasteiger charge is 1.86. The Bertz CT molecular complexity index is 127. The van der Waals surface area contributed by atoms with Gasteiger partial charge in [-0.2, -0.15) is 0 Å². The summed E-state index contributed by atoms with van der Waals surface area (Å²) >= 11 is 3.40. The van der Waals surface area contributed by atoms with Crippen molar-refractivity contribution in [1.82, 2.24) is 0 Å². The minimum Gasteiger partial charge on any atom is -0.103 e. The molecule has 0 saturated carbocycles. The molecule has 0 spiro atoms. The zero-order valence-corrected chi connectivity index (χ0v) is 10.1. The Morgan fingerprint density at radius 3 is 2.08 bits per heavy atom. The molecule has 0 aromatic heterocycles. The summed E-state index contributed by atoms with van der Waals surface area (Å²) in [5.74, 6) is 0. The van der Waals surface area contributed by atoms with Gasteiger partial charge in [-0.05, 0) is 32.1 Å². The molecule has 0 bridgehead atoms. The van der Waals surface area contributed by atoms with Crippen LogP contribution in [-0.2, 0) is 0 Å². The second kappa shape index (κ2) is 12.0. The van der Waals surface area contributed by atoms with Crippen molar-refractivity contribution in [3.05, 3.63) is 24.8 Å². The van der Waals surface area contributed by atoms with Gasteiger partial charge >= 0.3 is 0 Å².